The zero-order valence-electron chi connectivity index (χ0n) is 12.0. The van der Waals surface area contributed by atoms with Crippen LogP contribution in [0.15, 0.2) is 18.2 Å². The maximum atomic E-state index is 13.5. The van der Waals surface area contributed by atoms with Crippen LogP contribution in [0.25, 0.3) is 0 Å². The number of carbonyl (C=O) groups is 1. The van der Waals surface area contributed by atoms with Gasteiger partial charge in [-0.15, -0.1) is 0 Å². The van der Waals surface area contributed by atoms with Crippen LogP contribution in [0.4, 0.5) is 8.78 Å². The molecule has 0 aliphatic carbocycles. The summed E-state index contributed by atoms with van der Waals surface area (Å²) in [4.78, 5) is 16.1. The number of benzene rings is 1. The molecule has 2 rings (SSSR count). The lowest BCUT2D eigenvalue weighted by atomic mass is 10.1. The van der Waals surface area contributed by atoms with Crippen molar-refractivity contribution in [3.8, 4) is 0 Å². The van der Waals surface area contributed by atoms with E-state index in [0.29, 0.717) is 19.6 Å². The monoisotopic (exact) mass is 297 g/mol. The van der Waals surface area contributed by atoms with Crippen molar-refractivity contribution in [2.24, 2.45) is 5.73 Å². The van der Waals surface area contributed by atoms with Gasteiger partial charge in [0, 0.05) is 31.7 Å². The number of hydrogen-bond donors (Lipinski definition) is 1. The van der Waals surface area contributed by atoms with E-state index in [1.165, 1.54) is 18.2 Å². The molecule has 0 atom stereocenters. The van der Waals surface area contributed by atoms with E-state index in [2.05, 4.69) is 4.90 Å². The number of nitrogens with two attached hydrogens (primary N) is 1. The molecule has 0 radical (unpaired) electrons. The molecule has 116 valence electrons. The molecule has 1 aliphatic rings. The molecule has 6 heteroatoms. The van der Waals surface area contributed by atoms with Crippen molar-refractivity contribution < 1.29 is 13.6 Å². The van der Waals surface area contributed by atoms with Gasteiger partial charge in [-0.05, 0) is 31.6 Å². The Bertz CT molecular complexity index is 468. The smallest absolute Gasteiger partial charge is 0.227 e. The average molecular weight is 297 g/mol. The summed E-state index contributed by atoms with van der Waals surface area (Å²) in [7, 11) is 0. The van der Waals surface area contributed by atoms with Crippen LogP contribution in [0.5, 0.6) is 0 Å². The topological polar surface area (TPSA) is 49.6 Å². The van der Waals surface area contributed by atoms with Crippen molar-refractivity contribution in [1.29, 1.82) is 0 Å². The number of carbonyl (C=O) groups excluding carboxylic acids is 1. The molecule has 1 aromatic rings. The molecule has 0 saturated carbocycles. The van der Waals surface area contributed by atoms with Gasteiger partial charge < -0.3 is 10.6 Å². The van der Waals surface area contributed by atoms with Crippen molar-refractivity contribution in [3.05, 3.63) is 35.4 Å². The second-order valence-electron chi connectivity index (χ2n) is 5.24. The maximum absolute atomic E-state index is 13.5. The van der Waals surface area contributed by atoms with Gasteiger partial charge in [0.25, 0.3) is 0 Å². The Morgan fingerprint density at radius 1 is 1.14 bits per heavy atom. The molecule has 0 spiro atoms. The highest BCUT2D eigenvalue weighted by molar-refractivity contribution is 5.79. The Morgan fingerprint density at radius 2 is 1.76 bits per heavy atom. The van der Waals surface area contributed by atoms with Crippen LogP contribution in [0.1, 0.15) is 12.0 Å². The highest BCUT2D eigenvalue weighted by atomic mass is 19.1. The second kappa shape index (κ2) is 7.47. The first kappa shape index (κ1) is 15.9. The highest BCUT2D eigenvalue weighted by Crippen LogP contribution is 2.14. The molecule has 21 heavy (non-hydrogen) atoms. The fraction of sp³-hybridized carbons (Fsp3) is 0.533. The molecule has 0 bridgehead atoms. The van der Waals surface area contributed by atoms with E-state index in [-0.39, 0.29) is 17.9 Å². The first-order valence-electron chi connectivity index (χ1n) is 7.25. The number of hydrogen-bond acceptors (Lipinski definition) is 3. The van der Waals surface area contributed by atoms with E-state index in [1.54, 1.807) is 4.90 Å². The minimum Gasteiger partial charge on any atom is -0.340 e. The Balaban J connectivity index is 1.88. The molecule has 0 unspecified atom stereocenters. The molecule has 4 nitrogen and oxygen atoms in total. The van der Waals surface area contributed by atoms with Gasteiger partial charge in [-0.25, -0.2) is 8.78 Å². The number of nitrogens with zero attached hydrogens (tertiary/aromatic N) is 2. The lowest BCUT2D eigenvalue weighted by Gasteiger charge is -2.34. The van der Waals surface area contributed by atoms with Gasteiger partial charge in [0.1, 0.15) is 11.6 Å². The van der Waals surface area contributed by atoms with E-state index in [4.69, 9.17) is 5.73 Å². The first-order chi connectivity index (χ1) is 10.1. The molecule has 1 aromatic carbocycles. The minimum absolute atomic E-state index is 0.145. The summed E-state index contributed by atoms with van der Waals surface area (Å²) in [6, 6.07) is 3.65. The maximum Gasteiger partial charge on any atom is 0.227 e. The van der Waals surface area contributed by atoms with Crippen molar-refractivity contribution in [2.45, 2.75) is 12.8 Å². The second-order valence-corrected chi connectivity index (χ2v) is 5.24. The van der Waals surface area contributed by atoms with Crippen LogP contribution in [0, 0.1) is 11.6 Å². The molecular weight excluding hydrogens is 276 g/mol. The fourth-order valence-electron chi connectivity index (χ4n) is 2.50. The first-order valence-corrected chi connectivity index (χ1v) is 7.25. The zero-order valence-corrected chi connectivity index (χ0v) is 12.0. The van der Waals surface area contributed by atoms with E-state index in [0.717, 1.165) is 26.1 Å². The number of rotatable bonds is 5. The minimum atomic E-state index is -0.662. The number of piperazine rings is 1. The Hall–Kier alpha value is -1.53. The lowest BCUT2D eigenvalue weighted by Crippen LogP contribution is -2.49. The van der Waals surface area contributed by atoms with Gasteiger partial charge in [0.05, 0.1) is 6.42 Å². The van der Waals surface area contributed by atoms with Gasteiger partial charge >= 0.3 is 0 Å². The van der Waals surface area contributed by atoms with Crippen LogP contribution in [0.2, 0.25) is 0 Å². The van der Waals surface area contributed by atoms with Crippen molar-refractivity contribution in [1.82, 2.24) is 9.80 Å². The van der Waals surface area contributed by atoms with Gasteiger partial charge in [-0.3, -0.25) is 9.69 Å². The Kier molecular flexibility index (Phi) is 5.64. The molecule has 1 heterocycles. The number of amides is 1. The number of halogens is 2. The standard InChI is InChI=1S/C15H21F2N3O/c16-13-3-1-4-14(17)12(13)11-15(21)20-9-7-19(8-10-20)6-2-5-18/h1,3-4H,2,5-11,18H2. The average Bonchev–Trinajstić information content (AvgIpc) is 2.49. The molecular formula is C15H21F2N3O. The summed E-state index contributed by atoms with van der Waals surface area (Å²) in [6.07, 6.45) is 0.718. The molecule has 1 fully saturated rings. The summed E-state index contributed by atoms with van der Waals surface area (Å²) in [5.74, 6) is -1.55. The summed E-state index contributed by atoms with van der Waals surface area (Å²) in [6.45, 7) is 4.35. The van der Waals surface area contributed by atoms with Gasteiger partial charge in [0.15, 0.2) is 0 Å². The Morgan fingerprint density at radius 3 is 2.33 bits per heavy atom. The van der Waals surface area contributed by atoms with Crippen molar-refractivity contribution >= 4 is 5.91 Å². The normalized spacial score (nSPS) is 16.2. The predicted octanol–water partition coefficient (Wildman–Crippen LogP) is 1.00. The predicted molar refractivity (Wildman–Crippen MR) is 76.8 cm³/mol. The lowest BCUT2D eigenvalue weighted by molar-refractivity contribution is -0.132. The third-order valence-corrected chi connectivity index (χ3v) is 3.79. The third kappa shape index (κ3) is 4.22. The molecule has 1 amide bonds. The van der Waals surface area contributed by atoms with Crippen molar-refractivity contribution in [3.63, 3.8) is 0 Å². The van der Waals surface area contributed by atoms with Crippen LogP contribution in [-0.2, 0) is 11.2 Å². The van der Waals surface area contributed by atoms with E-state index < -0.39 is 11.6 Å². The van der Waals surface area contributed by atoms with Crippen LogP contribution in [0.3, 0.4) is 0 Å². The summed E-state index contributed by atoms with van der Waals surface area (Å²) >= 11 is 0. The van der Waals surface area contributed by atoms with Gasteiger partial charge in [-0.1, -0.05) is 6.07 Å². The molecule has 1 aliphatic heterocycles. The summed E-state index contributed by atoms with van der Waals surface area (Å²) in [5, 5.41) is 0. The van der Waals surface area contributed by atoms with E-state index >= 15 is 0 Å². The largest absolute Gasteiger partial charge is 0.340 e. The van der Waals surface area contributed by atoms with Crippen LogP contribution in [-0.4, -0.2) is 55.0 Å². The van der Waals surface area contributed by atoms with Gasteiger partial charge in [0.2, 0.25) is 5.91 Å². The fourth-order valence-corrected chi connectivity index (χ4v) is 2.50. The molecule has 1 saturated heterocycles. The summed E-state index contributed by atoms with van der Waals surface area (Å²) < 4.78 is 27.1. The SMILES string of the molecule is NCCCN1CCN(C(=O)Cc2c(F)cccc2F)CC1. The van der Waals surface area contributed by atoms with Gasteiger partial charge in [-0.2, -0.15) is 0 Å². The van der Waals surface area contributed by atoms with Crippen LogP contribution >= 0.6 is 0 Å². The van der Waals surface area contributed by atoms with Crippen LogP contribution < -0.4 is 5.73 Å². The Labute approximate surface area is 123 Å². The summed E-state index contributed by atoms with van der Waals surface area (Å²) in [5.41, 5.74) is 5.33. The highest BCUT2D eigenvalue weighted by Gasteiger charge is 2.22. The molecule has 0 aromatic heterocycles. The quantitative estimate of drug-likeness (QED) is 0.882. The molecule has 2 N–H and O–H groups in total. The third-order valence-electron chi connectivity index (χ3n) is 3.79. The van der Waals surface area contributed by atoms with E-state index in [9.17, 15) is 13.6 Å². The van der Waals surface area contributed by atoms with Crippen molar-refractivity contribution in [2.75, 3.05) is 39.3 Å². The van der Waals surface area contributed by atoms with E-state index in [1.807, 2.05) is 0 Å². The zero-order chi connectivity index (χ0) is 15.2.